The maximum absolute atomic E-state index is 14.9. The number of carbonyl (C=O) groups is 1. The van der Waals surface area contributed by atoms with Gasteiger partial charge in [-0.1, -0.05) is 18.6 Å². The van der Waals surface area contributed by atoms with Gasteiger partial charge < -0.3 is 25.2 Å². The number of aliphatic imine (C=N–C) groups is 1. The van der Waals surface area contributed by atoms with Crippen molar-refractivity contribution in [2.24, 2.45) is 15.8 Å². The molecule has 0 aromatic rings. The zero-order valence-electron chi connectivity index (χ0n) is 12.9. The van der Waals surface area contributed by atoms with Gasteiger partial charge in [0.2, 0.25) is 5.72 Å². The number of amidine groups is 1. The number of carbonyl (C=O) groups excluding carboxylic acids is 1. The molecule has 0 aliphatic carbocycles. The molecule has 0 saturated carbocycles. The van der Waals surface area contributed by atoms with E-state index in [-0.39, 0.29) is 18.1 Å². The predicted octanol–water partition coefficient (Wildman–Crippen LogP) is 0.659. The number of ether oxygens (including phenoxy) is 2. The van der Waals surface area contributed by atoms with Crippen LogP contribution in [-0.4, -0.2) is 52.6 Å². The third-order valence-electron chi connectivity index (χ3n) is 3.55. The van der Waals surface area contributed by atoms with Crippen molar-refractivity contribution in [3.8, 4) is 0 Å². The largest absolute Gasteiger partial charge is 0.456 e. The van der Waals surface area contributed by atoms with Gasteiger partial charge in [-0.25, -0.2) is 9.38 Å². The van der Waals surface area contributed by atoms with Crippen molar-refractivity contribution in [2.75, 3.05) is 6.61 Å². The molecule has 1 fully saturated rings. The average Bonchev–Trinajstić information content (AvgIpc) is 2.81. The number of nitrogens with zero attached hydrogens (tertiary/aromatic N) is 5. The maximum Gasteiger partial charge on any atom is 0.305 e. The van der Waals surface area contributed by atoms with Crippen molar-refractivity contribution in [3.05, 3.63) is 35.1 Å². The Kier molecular flexibility index (Phi) is 5.07. The highest BCUT2D eigenvalue weighted by Gasteiger charge is 2.59. The minimum atomic E-state index is -2.09. The molecule has 0 bridgehead atoms. The summed E-state index contributed by atoms with van der Waals surface area (Å²) in [6.45, 7) is 4.27. The summed E-state index contributed by atoms with van der Waals surface area (Å²) in [5, 5.41) is 12.9. The smallest absolute Gasteiger partial charge is 0.305 e. The molecule has 0 radical (unpaired) electrons. The van der Waals surface area contributed by atoms with Gasteiger partial charge >= 0.3 is 5.97 Å². The summed E-state index contributed by atoms with van der Waals surface area (Å²) < 4.78 is 25.4. The van der Waals surface area contributed by atoms with Gasteiger partial charge in [-0.2, -0.15) is 0 Å². The van der Waals surface area contributed by atoms with Crippen LogP contribution in [0.2, 0.25) is 0 Å². The first-order valence-electron chi connectivity index (χ1n) is 7.06. The van der Waals surface area contributed by atoms with E-state index in [0.29, 0.717) is 0 Å². The van der Waals surface area contributed by atoms with Gasteiger partial charge in [0.05, 0.1) is 6.61 Å². The molecule has 0 amide bonds. The fourth-order valence-corrected chi connectivity index (χ4v) is 2.37. The number of hydrogen-bond acceptors (Lipinski definition) is 8. The third-order valence-corrected chi connectivity index (χ3v) is 3.55. The zero-order valence-corrected chi connectivity index (χ0v) is 12.9. The molecular formula is C13H17FN6O4. The summed E-state index contributed by atoms with van der Waals surface area (Å²) in [7, 11) is 0. The minimum Gasteiger partial charge on any atom is -0.456 e. The highest BCUT2D eigenvalue weighted by Crippen LogP contribution is 2.39. The summed E-state index contributed by atoms with van der Waals surface area (Å²) in [5.41, 5.74) is 12.2. The second kappa shape index (κ2) is 6.87. The number of azide groups is 1. The normalized spacial score (nSPS) is 32.3. The highest BCUT2D eigenvalue weighted by atomic mass is 19.1. The summed E-state index contributed by atoms with van der Waals surface area (Å²) in [6, 6.07) is 0. The van der Waals surface area contributed by atoms with Crippen LogP contribution in [0, 0.1) is 0 Å². The molecule has 3 N–H and O–H groups in total. The van der Waals surface area contributed by atoms with Crippen LogP contribution in [0.15, 0.2) is 34.8 Å². The van der Waals surface area contributed by atoms with Gasteiger partial charge in [-0.3, -0.25) is 4.79 Å². The lowest BCUT2D eigenvalue weighted by molar-refractivity contribution is -0.168. The topological polar surface area (TPSA) is 146 Å². The maximum atomic E-state index is 14.9. The molecule has 0 unspecified atom stereocenters. The number of aliphatic hydroxyl groups is 1. The van der Waals surface area contributed by atoms with Crippen molar-refractivity contribution in [1.82, 2.24) is 4.90 Å². The molecule has 11 heteroatoms. The fraction of sp³-hybridized carbons (Fsp3) is 0.538. The molecule has 4 atom stereocenters. The summed E-state index contributed by atoms with van der Waals surface area (Å²) in [5.74, 6) is -0.479. The number of esters is 1. The lowest BCUT2D eigenvalue weighted by Gasteiger charge is -2.30. The van der Waals surface area contributed by atoms with Crippen molar-refractivity contribution in [1.29, 1.82) is 0 Å². The van der Waals surface area contributed by atoms with E-state index in [0.717, 1.165) is 0 Å². The quantitative estimate of drug-likeness (QED) is 0.325. The standard InChI is InChI=1S/C13H17FN6O4/c1-3-9(22)23-11-10(14)12(24-13(11,6-21)18-19-16)20-5-4-8(15)17-7(20)2/h4-5,10-12,21H,2-3,6H2,1H3,(H2,15,17)/t10-,11+,12-,13-/m1/s1. The second-order valence-corrected chi connectivity index (χ2v) is 5.09. The summed E-state index contributed by atoms with van der Waals surface area (Å²) in [6.07, 6.45) is -2.19. The predicted molar refractivity (Wildman–Crippen MR) is 80.6 cm³/mol. The Balaban J connectivity index is 2.36. The molecule has 1 saturated heterocycles. The third kappa shape index (κ3) is 3.04. The number of nitrogens with two attached hydrogens (primary N) is 1. The van der Waals surface area contributed by atoms with E-state index in [1.54, 1.807) is 0 Å². The Labute approximate surface area is 136 Å². The van der Waals surface area contributed by atoms with Crippen molar-refractivity contribution in [3.63, 3.8) is 0 Å². The van der Waals surface area contributed by atoms with E-state index in [9.17, 15) is 14.3 Å². The second-order valence-electron chi connectivity index (χ2n) is 5.09. The van der Waals surface area contributed by atoms with Gasteiger partial charge in [0, 0.05) is 17.5 Å². The van der Waals surface area contributed by atoms with Gasteiger partial charge in [-0.05, 0) is 11.6 Å². The molecule has 2 heterocycles. The Morgan fingerprint density at radius 2 is 2.50 bits per heavy atom. The molecule has 2 rings (SSSR count). The summed E-state index contributed by atoms with van der Waals surface area (Å²) in [4.78, 5) is 19.2. The SMILES string of the molecule is C=C1N=C(N)C=CN1[C@@H]1O[C@@](CO)(N=[N+]=[N-])[C@@H](OC(=O)CC)[C@H]1F. The van der Waals surface area contributed by atoms with Crippen LogP contribution < -0.4 is 5.73 Å². The van der Waals surface area contributed by atoms with E-state index in [1.807, 2.05) is 0 Å². The molecule has 0 aromatic carbocycles. The van der Waals surface area contributed by atoms with Crippen molar-refractivity contribution in [2.45, 2.75) is 37.6 Å². The van der Waals surface area contributed by atoms with Crippen molar-refractivity contribution < 1.29 is 23.8 Å². The number of aliphatic hydroxyl groups excluding tert-OH is 1. The van der Waals surface area contributed by atoms with Gasteiger partial charge in [0.15, 0.2) is 18.5 Å². The number of halogens is 1. The molecule has 24 heavy (non-hydrogen) atoms. The van der Waals surface area contributed by atoms with Crippen LogP contribution in [0.1, 0.15) is 13.3 Å². The van der Waals surface area contributed by atoms with Gasteiger partial charge in [0.1, 0.15) is 11.7 Å². The van der Waals surface area contributed by atoms with Gasteiger partial charge in [-0.15, -0.1) is 0 Å². The monoisotopic (exact) mass is 340 g/mol. The van der Waals surface area contributed by atoms with Crippen LogP contribution >= 0.6 is 0 Å². The Hall–Kier alpha value is -2.62. The van der Waals surface area contributed by atoms with Crippen LogP contribution in [-0.2, 0) is 14.3 Å². The first-order valence-corrected chi connectivity index (χ1v) is 7.06. The van der Waals surface area contributed by atoms with E-state index in [2.05, 4.69) is 21.6 Å². The van der Waals surface area contributed by atoms with E-state index < -0.39 is 36.8 Å². The van der Waals surface area contributed by atoms with E-state index in [4.69, 9.17) is 20.7 Å². The molecule has 130 valence electrons. The Morgan fingerprint density at radius 1 is 1.79 bits per heavy atom. The molecule has 2 aliphatic heterocycles. The molecular weight excluding hydrogens is 323 g/mol. The minimum absolute atomic E-state index is 0.0250. The van der Waals surface area contributed by atoms with Crippen molar-refractivity contribution >= 4 is 11.8 Å². The van der Waals surface area contributed by atoms with Crippen LogP contribution in [0.5, 0.6) is 0 Å². The lowest BCUT2D eigenvalue weighted by Crippen LogP contribution is -2.46. The highest BCUT2D eigenvalue weighted by molar-refractivity contribution is 5.92. The first-order chi connectivity index (χ1) is 11.4. The zero-order chi connectivity index (χ0) is 17.9. The number of alkyl halides is 1. The van der Waals surface area contributed by atoms with E-state index in [1.165, 1.54) is 24.1 Å². The van der Waals surface area contributed by atoms with Crippen LogP contribution in [0.4, 0.5) is 4.39 Å². The van der Waals surface area contributed by atoms with Gasteiger partial charge in [0.25, 0.3) is 0 Å². The molecule has 10 nitrogen and oxygen atoms in total. The lowest BCUT2D eigenvalue weighted by atomic mass is 10.1. The van der Waals surface area contributed by atoms with E-state index >= 15 is 0 Å². The molecule has 0 spiro atoms. The Bertz CT molecular complexity index is 646. The number of hydrogen-bond donors (Lipinski definition) is 2. The molecule has 0 aromatic heterocycles. The van der Waals surface area contributed by atoms with Crippen LogP contribution in [0.25, 0.3) is 10.4 Å². The first kappa shape index (κ1) is 17.7. The molecule has 2 aliphatic rings. The fourth-order valence-electron chi connectivity index (χ4n) is 2.37. The summed E-state index contributed by atoms with van der Waals surface area (Å²) >= 11 is 0. The average molecular weight is 340 g/mol. The Morgan fingerprint density at radius 3 is 3.04 bits per heavy atom. The number of rotatable bonds is 5. The van der Waals surface area contributed by atoms with Crippen LogP contribution in [0.3, 0.4) is 0 Å².